The van der Waals surface area contributed by atoms with Crippen molar-refractivity contribution in [1.82, 2.24) is 20.4 Å². The monoisotopic (exact) mass is 522 g/mol. The number of H-pyrrole nitrogens is 1. The van der Waals surface area contributed by atoms with Crippen LogP contribution < -0.4 is 5.32 Å². The predicted octanol–water partition coefficient (Wildman–Crippen LogP) is 5.88. The number of benzene rings is 2. The molecule has 3 aromatic rings. The van der Waals surface area contributed by atoms with Gasteiger partial charge in [-0.2, -0.15) is 18.3 Å². The fraction of sp³-hybridized carbons (Fsp3) is 0.292. The normalized spacial score (nSPS) is 16.1. The van der Waals surface area contributed by atoms with Crippen molar-refractivity contribution in [2.45, 2.75) is 32.5 Å². The number of aromatic amines is 1. The molecule has 0 radical (unpaired) electrons. The highest BCUT2D eigenvalue weighted by molar-refractivity contribution is 8.18. The summed E-state index contributed by atoms with van der Waals surface area (Å²) in [5.41, 5.74) is 0.685. The Morgan fingerprint density at radius 1 is 1.20 bits per heavy atom. The number of allylic oxidation sites excluding steroid dienone is 1. The van der Waals surface area contributed by atoms with Crippen LogP contribution in [0.5, 0.6) is 0 Å². The van der Waals surface area contributed by atoms with E-state index in [4.69, 9.17) is 11.6 Å². The zero-order chi connectivity index (χ0) is 25.3. The highest BCUT2D eigenvalue weighted by Gasteiger charge is 2.38. The largest absolute Gasteiger partial charge is 0.416 e. The number of hydrogen-bond donors (Lipinski definition) is 2. The van der Waals surface area contributed by atoms with Gasteiger partial charge in [0.05, 0.1) is 22.2 Å². The van der Waals surface area contributed by atoms with E-state index in [2.05, 4.69) is 15.5 Å². The molecule has 0 spiro atoms. The van der Waals surface area contributed by atoms with Crippen molar-refractivity contribution >= 4 is 51.0 Å². The molecular formula is C24H22ClF3N4O2S. The SMILES string of the molecule is CC(C)NCCN1C(=O)S/C(=C(/Cc2ccc(Cl)cc2C(F)(F)F)c2ccc3[nH]ncc3c2)C1=O. The van der Waals surface area contributed by atoms with Gasteiger partial charge in [-0.15, -0.1) is 0 Å². The number of fused-ring (bicyclic) bond motifs is 1. The van der Waals surface area contributed by atoms with E-state index in [1.165, 1.54) is 12.1 Å². The highest BCUT2D eigenvalue weighted by Crippen LogP contribution is 2.41. The summed E-state index contributed by atoms with van der Waals surface area (Å²) in [5.74, 6) is -0.518. The number of imide groups is 1. The van der Waals surface area contributed by atoms with Crippen LogP contribution in [-0.2, 0) is 17.4 Å². The van der Waals surface area contributed by atoms with E-state index < -0.39 is 22.9 Å². The van der Waals surface area contributed by atoms with Gasteiger partial charge in [-0.1, -0.05) is 37.6 Å². The molecule has 0 aliphatic carbocycles. The summed E-state index contributed by atoms with van der Waals surface area (Å²) in [5, 5.41) is 10.2. The fourth-order valence-electron chi connectivity index (χ4n) is 3.84. The van der Waals surface area contributed by atoms with Crippen LogP contribution in [0.2, 0.25) is 5.02 Å². The number of amides is 2. The number of aromatic nitrogens is 2. The molecule has 0 bridgehead atoms. The van der Waals surface area contributed by atoms with Crippen molar-refractivity contribution in [3.63, 3.8) is 0 Å². The molecule has 0 unspecified atom stereocenters. The van der Waals surface area contributed by atoms with Crippen LogP contribution >= 0.6 is 23.4 Å². The van der Waals surface area contributed by atoms with Crippen LogP contribution in [0.1, 0.15) is 30.5 Å². The Kier molecular flexibility index (Phi) is 7.25. The lowest BCUT2D eigenvalue weighted by molar-refractivity contribution is -0.138. The molecule has 1 fully saturated rings. The van der Waals surface area contributed by atoms with Crippen LogP contribution in [0.15, 0.2) is 47.5 Å². The number of halogens is 4. The van der Waals surface area contributed by atoms with E-state index in [0.29, 0.717) is 17.7 Å². The lowest BCUT2D eigenvalue weighted by Crippen LogP contribution is -2.37. The molecule has 1 aliphatic rings. The zero-order valence-electron chi connectivity index (χ0n) is 18.9. The molecule has 1 aromatic heterocycles. The molecule has 0 atom stereocenters. The minimum absolute atomic E-state index is 0.0413. The lowest BCUT2D eigenvalue weighted by Gasteiger charge is -2.17. The maximum absolute atomic E-state index is 13.8. The van der Waals surface area contributed by atoms with Gasteiger partial charge in [0, 0.05) is 29.5 Å². The van der Waals surface area contributed by atoms with Gasteiger partial charge in [0.25, 0.3) is 11.1 Å². The van der Waals surface area contributed by atoms with E-state index in [0.717, 1.165) is 33.6 Å². The summed E-state index contributed by atoms with van der Waals surface area (Å²) in [6.45, 7) is 4.47. The summed E-state index contributed by atoms with van der Waals surface area (Å²) in [4.78, 5) is 27.2. The Bertz CT molecular complexity index is 1320. The number of rotatable bonds is 7. The molecule has 4 rings (SSSR count). The van der Waals surface area contributed by atoms with E-state index in [1.807, 2.05) is 13.8 Å². The number of nitrogens with one attached hydrogen (secondary N) is 2. The molecule has 2 amide bonds. The third kappa shape index (κ3) is 5.55. The van der Waals surface area contributed by atoms with E-state index >= 15 is 0 Å². The Morgan fingerprint density at radius 2 is 1.97 bits per heavy atom. The molecule has 6 nitrogen and oxygen atoms in total. The molecule has 35 heavy (non-hydrogen) atoms. The third-order valence-electron chi connectivity index (χ3n) is 5.54. The van der Waals surface area contributed by atoms with Crippen molar-refractivity contribution in [3.8, 4) is 0 Å². The third-order valence-corrected chi connectivity index (χ3v) is 6.80. The molecule has 0 saturated carbocycles. The highest BCUT2D eigenvalue weighted by atomic mass is 35.5. The first-order valence-electron chi connectivity index (χ1n) is 10.8. The second-order valence-electron chi connectivity index (χ2n) is 8.39. The topological polar surface area (TPSA) is 78.1 Å². The van der Waals surface area contributed by atoms with Gasteiger partial charge in [0.2, 0.25) is 0 Å². The Hall–Kier alpha value is -2.82. The number of alkyl halides is 3. The predicted molar refractivity (Wildman–Crippen MR) is 131 cm³/mol. The minimum Gasteiger partial charge on any atom is -0.313 e. The lowest BCUT2D eigenvalue weighted by atomic mass is 9.93. The quantitative estimate of drug-likeness (QED) is 0.379. The van der Waals surface area contributed by atoms with Crippen LogP contribution in [0, 0.1) is 0 Å². The maximum atomic E-state index is 13.8. The van der Waals surface area contributed by atoms with E-state index in [9.17, 15) is 22.8 Å². The zero-order valence-corrected chi connectivity index (χ0v) is 20.4. The van der Waals surface area contributed by atoms with E-state index in [-0.39, 0.29) is 34.5 Å². The Labute approximate surface area is 208 Å². The van der Waals surface area contributed by atoms with Crippen LogP contribution in [-0.4, -0.2) is 45.4 Å². The average Bonchev–Trinajstić information content (AvgIpc) is 3.36. The fourth-order valence-corrected chi connectivity index (χ4v) is 4.98. The van der Waals surface area contributed by atoms with Gasteiger partial charge in [-0.25, -0.2) is 0 Å². The second kappa shape index (κ2) is 10.0. The molecule has 184 valence electrons. The smallest absolute Gasteiger partial charge is 0.313 e. The summed E-state index contributed by atoms with van der Waals surface area (Å²) >= 11 is 6.60. The van der Waals surface area contributed by atoms with Gasteiger partial charge in [-0.3, -0.25) is 19.6 Å². The van der Waals surface area contributed by atoms with Gasteiger partial charge in [-0.05, 0) is 59.1 Å². The summed E-state index contributed by atoms with van der Waals surface area (Å²) in [6, 6.07) is 8.91. The molecular weight excluding hydrogens is 501 g/mol. The van der Waals surface area contributed by atoms with E-state index in [1.54, 1.807) is 24.4 Å². The molecule has 1 saturated heterocycles. The number of nitrogens with zero attached hydrogens (tertiary/aromatic N) is 2. The summed E-state index contributed by atoms with van der Waals surface area (Å²) < 4.78 is 41.4. The first-order valence-corrected chi connectivity index (χ1v) is 12.0. The number of carbonyl (C=O) groups excluding carboxylic acids is 2. The first-order chi connectivity index (χ1) is 16.5. The molecule has 2 heterocycles. The molecule has 1 aliphatic heterocycles. The first kappa shape index (κ1) is 25.3. The van der Waals surface area contributed by atoms with Crippen molar-refractivity contribution in [2.75, 3.05) is 13.1 Å². The summed E-state index contributed by atoms with van der Waals surface area (Å²) in [7, 11) is 0. The Morgan fingerprint density at radius 3 is 2.69 bits per heavy atom. The number of thioether (sulfide) groups is 1. The van der Waals surface area contributed by atoms with Gasteiger partial charge >= 0.3 is 6.18 Å². The minimum atomic E-state index is -4.64. The summed E-state index contributed by atoms with van der Waals surface area (Å²) in [6.07, 6.45) is -3.26. The van der Waals surface area contributed by atoms with Crippen LogP contribution in [0.3, 0.4) is 0 Å². The van der Waals surface area contributed by atoms with Crippen LogP contribution in [0.25, 0.3) is 16.5 Å². The van der Waals surface area contributed by atoms with Crippen molar-refractivity contribution in [3.05, 3.63) is 69.2 Å². The Balaban J connectivity index is 1.80. The standard InChI is InChI=1S/C24H22ClF3N4O2S/c1-13(2)29-7-8-32-22(33)21(35-23(32)34)18(14-4-6-20-16(9-14)12-30-31-20)10-15-3-5-17(25)11-19(15)24(26,27)28/h3-6,9,11-13,29H,7-8,10H2,1-2H3,(H,30,31)/b21-18-. The molecule has 2 aromatic carbocycles. The van der Waals surface area contributed by atoms with Gasteiger partial charge in [0.1, 0.15) is 0 Å². The van der Waals surface area contributed by atoms with Crippen molar-refractivity contribution in [1.29, 1.82) is 0 Å². The van der Waals surface area contributed by atoms with Gasteiger partial charge in [0.15, 0.2) is 0 Å². The van der Waals surface area contributed by atoms with Gasteiger partial charge < -0.3 is 5.32 Å². The molecule has 2 N–H and O–H groups in total. The molecule has 11 heteroatoms. The number of hydrogen-bond acceptors (Lipinski definition) is 5. The van der Waals surface area contributed by atoms with Crippen molar-refractivity contribution in [2.24, 2.45) is 0 Å². The second-order valence-corrected chi connectivity index (χ2v) is 9.79. The maximum Gasteiger partial charge on any atom is 0.416 e. The number of carbonyl (C=O) groups is 2. The average molecular weight is 523 g/mol. The van der Waals surface area contributed by atoms with Crippen LogP contribution in [0.4, 0.5) is 18.0 Å². The van der Waals surface area contributed by atoms with Crippen molar-refractivity contribution < 1.29 is 22.8 Å².